The van der Waals surface area contributed by atoms with E-state index in [-0.39, 0.29) is 5.38 Å². The molecule has 0 saturated heterocycles. The van der Waals surface area contributed by atoms with Crippen molar-refractivity contribution in [2.75, 3.05) is 20.6 Å². The number of aromatic nitrogens is 2. The van der Waals surface area contributed by atoms with Gasteiger partial charge in [-0.1, -0.05) is 12.1 Å². The first-order chi connectivity index (χ1) is 9.50. The maximum absolute atomic E-state index is 6.30. The van der Waals surface area contributed by atoms with Gasteiger partial charge >= 0.3 is 0 Å². The van der Waals surface area contributed by atoms with Gasteiger partial charge in [-0.2, -0.15) is 0 Å². The minimum absolute atomic E-state index is 0.0596. The molecule has 0 spiro atoms. The highest BCUT2D eigenvalue weighted by atomic mass is 35.5. The van der Waals surface area contributed by atoms with Crippen LogP contribution in [0, 0.1) is 6.92 Å². The minimum atomic E-state index is -0.0596. The minimum Gasteiger partial charge on any atom is -0.327 e. The van der Waals surface area contributed by atoms with Crippen LogP contribution in [0.2, 0.25) is 0 Å². The molecule has 1 unspecified atom stereocenters. The van der Waals surface area contributed by atoms with Gasteiger partial charge in [-0.15, -0.1) is 11.6 Å². The molecule has 0 saturated carbocycles. The van der Waals surface area contributed by atoms with Crippen LogP contribution in [0.3, 0.4) is 0 Å². The number of aryl methyl sites for hydroxylation is 2. The molecule has 2 aromatic rings. The zero-order valence-corrected chi connectivity index (χ0v) is 13.6. The fourth-order valence-corrected chi connectivity index (χ4v) is 2.71. The van der Waals surface area contributed by atoms with E-state index >= 15 is 0 Å². The van der Waals surface area contributed by atoms with Gasteiger partial charge in [0.15, 0.2) is 0 Å². The number of imidazole rings is 1. The predicted molar refractivity (Wildman–Crippen MR) is 86.5 cm³/mol. The van der Waals surface area contributed by atoms with E-state index in [2.05, 4.69) is 48.7 Å². The molecule has 1 atom stereocenters. The molecule has 0 radical (unpaired) electrons. The zero-order valence-electron chi connectivity index (χ0n) is 12.9. The smallest absolute Gasteiger partial charge is 0.127 e. The van der Waals surface area contributed by atoms with Gasteiger partial charge in [-0.25, -0.2) is 4.98 Å². The van der Waals surface area contributed by atoms with Crippen LogP contribution in [-0.4, -0.2) is 35.1 Å². The second kappa shape index (κ2) is 6.59. The lowest BCUT2D eigenvalue weighted by atomic mass is 10.2. The monoisotopic (exact) mass is 293 g/mol. The van der Waals surface area contributed by atoms with Gasteiger partial charge in [0.25, 0.3) is 0 Å². The molecule has 110 valence electrons. The summed E-state index contributed by atoms with van der Waals surface area (Å²) >= 11 is 6.30. The van der Waals surface area contributed by atoms with E-state index in [9.17, 15) is 0 Å². The number of para-hydroxylation sites is 1. The predicted octanol–water partition coefficient (Wildman–Crippen LogP) is 3.99. The van der Waals surface area contributed by atoms with E-state index in [1.165, 1.54) is 17.5 Å². The topological polar surface area (TPSA) is 21.1 Å². The summed E-state index contributed by atoms with van der Waals surface area (Å²) in [6.07, 6.45) is 2.34. The standard InChI is InChI=1S/C16H24ClN3/c1-12-8-7-9-14-15(12)18-16(13(2)17)20(14)11-6-5-10-19(3)4/h7-9,13H,5-6,10-11H2,1-4H3. The summed E-state index contributed by atoms with van der Waals surface area (Å²) in [7, 11) is 4.23. The molecule has 0 aliphatic heterocycles. The fourth-order valence-electron chi connectivity index (χ4n) is 2.54. The molecule has 0 bridgehead atoms. The summed E-state index contributed by atoms with van der Waals surface area (Å²) in [6.45, 7) is 6.21. The van der Waals surface area contributed by atoms with Crippen LogP contribution in [-0.2, 0) is 6.54 Å². The average molecular weight is 294 g/mol. The van der Waals surface area contributed by atoms with Crippen LogP contribution in [0.25, 0.3) is 11.0 Å². The molecule has 0 aliphatic rings. The van der Waals surface area contributed by atoms with Crippen molar-refractivity contribution in [1.82, 2.24) is 14.5 Å². The van der Waals surface area contributed by atoms with E-state index in [1.807, 2.05) is 6.92 Å². The third-order valence-electron chi connectivity index (χ3n) is 3.60. The first-order valence-electron chi connectivity index (χ1n) is 7.25. The van der Waals surface area contributed by atoms with E-state index in [0.29, 0.717) is 0 Å². The second-order valence-electron chi connectivity index (χ2n) is 5.69. The van der Waals surface area contributed by atoms with Crippen LogP contribution < -0.4 is 0 Å². The molecular formula is C16H24ClN3. The Morgan fingerprint density at radius 1 is 1.30 bits per heavy atom. The molecule has 3 nitrogen and oxygen atoms in total. The number of hydrogen-bond acceptors (Lipinski definition) is 2. The van der Waals surface area contributed by atoms with E-state index in [4.69, 9.17) is 16.6 Å². The van der Waals surface area contributed by atoms with Gasteiger partial charge in [0.1, 0.15) is 5.82 Å². The maximum Gasteiger partial charge on any atom is 0.127 e. The van der Waals surface area contributed by atoms with Gasteiger partial charge < -0.3 is 9.47 Å². The van der Waals surface area contributed by atoms with Crippen LogP contribution in [0.4, 0.5) is 0 Å². The molecule has 1 aromatic heterocycles. The SMILES string of the molecule is Cc1cccc2c1nc(C(C)Cl)n2CCCCN(C)C. The largest absolute Gasteiger partial charge is 0.327 e. The number of hydrogen-bond donors (Lipinski definition) is 0. The third kappa shape index (κ3) is 3.33. The zero-order chi connectivity index (χ0) is 14.7. The molecule has 20 heavy (non-hydrogen) atoms. The van der Waals surface area contributed by atoms with E-state index in [1.54, 1.807) is 0 Å². The molecule has 0 amide bonds. The summed E-state index contributed by atoms with van der Waals surface area (Å²) in [5.74, 6) is 0.987. The Hall–Kier alpha value is -1.06. The van der Waals surface area contributed by atoms with Gasteiger partial charge in [0.2, 0.25) is 0 Å². The Balaban J connectivity index is 2.25. The van der Waals surface area contributed by atoms with Gasteiger partial charge in [0.05, 0.1) is 16.4 Å². The summed E-state index contributed by atoms with van der Waals surface area (Å²) in [5, 5.41) is -0.0596. The van der Waals surface area contributed by atoms with E-state index in [0.717, 1.165) is 30.9 Å². The maximum atomic E-state index is 6.30. The average Bonchev–Trinajstić information content (AvgIpc) is 2.75. The van der Waals surface area contributed by atoms with Crippen molar-refractivity contribution in [3.63, 3.8) is 0 Å². The number of alkyl halides is 1. The number of benzene rings is 1. The number of halogens is 1. The van der Waals surface area contributed by atoms with Crippen molar-refractivity contribution in [2.45, 2.75) is 38.6 Å². The molecule has 1 aromatic carbocycles. The van der Waals surface area contributed by atoms with Crippen molar-refractivity contribution in [1.29, 1.82) is 0 Å². The van der Waals surface area contributed by atoms with Crippen molar-refractivity contribution in [3.8, 4) is 0 Å². The van der Waals surface area contributed by atoms with Crippen molar-refractivity contribution in [2.24, 2.45) is 0 Å². The Morgan fingerprint density at radius 3 is 2.70 bits per heavy atom. The molecule has 4 heteroatoms. The van der Waals surface area contributed by atoms with Crippen LogP contribution in [0.5, 0.6) is 0 Å². The van der Waals surface area contributed by atoms with Gasteiger partial charge in [0, 0.05) is 6.54 Å². The molecular weight excluding hydrogens is 270 g/mol. The Kier molecular flexibility index (Phi) is 5.06. The third-order valence-corrected chi connectivity index (χ3v) is 3.80. The molecule has 1 heterocycles. The quantitative estimate of drug-likeness (QED) is 0.593. The normalized spacial score (nSPS) is 13.3. The Morgan fingerprint density at radius 2 is 2.05 bits per heavy atom. The molecule has 0 fully saturated rings. The first kappa shape index (κ1) is 15.3. The van der Waals surface area contributed by atoms with Crippen LogP contribution in [0.1, 0.15) is 36.5 Å². The summed E-state index contributed by atoms with van der Waals surface area (Å²) in [6, 6.07) is 6.34. The first-order valence-corrected chi connectivity index (χ1v) is 7.69. The van der Waals surface area contributed by atoms with E-state index < -0.39 is 0 Å². The molecule has 0 N–H and O–H groups in total. The van der Waals surface area contributed by atoms with Gasteiger partial charge in [-0.3, -0.25) is 0 Å². The second-order valence-corrected chi connectivity index (χ2v) is 6.35. The summed E-state index contributed by atoms with van der Waals surface area (Å²) in [5.41, 5.74) is 3.51. The molecule has 0 aliphatic carbocycles. The van der Waals surface area contributed by atoms with Crippen molar-refractivity contribution < 1.29 is 0 Å². The van der Waals surface area contributed by atoms with Crippen molar-refractivity contribution in [3.05, 3.63) is 29.6 Å². The van der Waals surface area contributed by atoms with Gasteiger partial charge in [-0.05, 0) is 59.0 Å². The summed E-state index contributed by atoms with van der Waals surface area (Å²) < 4.78 is 2.29. The van der Waals surface area contributed by atoms with Crippen molar-refractivity contribution >= 4 is 22.6 Å². The molecule has 2 rings (SSSR count). The van der Waals surface area contributed by atoms with Crippen LogP contribution in [0.15, 0.2) is 18.2 Å². The number of nitrogens with zero attached hydrogens (tertiary/aromatic N) is 3. The Bertz CT molecular complexity index is 572. The number of unbranched alkanes of at least 4 members (excludes halogenated alkanes) is 1. The highest BCUT2D eigenvalue weighted by molar-refractivity contribution is 6.20. The lowest BCUT2D eigenvalue weighted by Crippen LogP contribution is -2.14. The number of rotatable bonds is 6. The fraction of sp³-hybridized carbons (Fsp3) is 0.562. The highest BCUT2D eigenvalue weighted by Gasteiger charge is 2.15. The lowest BCUT2D eigenvalue weighted by Gasteiger charge is -2.12. The Labute approximate surface area is 126 Å². The van der Waals surface area contributed by atoms with Crippen LogP contribution >= 0.6 is 11.6 Å². The summed E-state index contributed by atoms with van der Waals surface area (Å²) in [4.78, 5) is 6.97. The number of fused-ring (bicyclic) bond motifs is 1. The lowest BCUT2D eigenvalue weighted by molar-refractivity contribution is 0.387. The highest BCUT2D eigenvalue weighted by Crippen LogP contribution is 2.26.